The second kappa shape index (κ2) is 7.23. The van der Waals surface area contributed by atoms with Gasteiger partial charge in [0.05, 0.1) is 19.0 Å². The molecule has 0 fully saturated rings. The van der Waals surface area contributed by atoms with Crippen LogP contribution in [0.3, 0.4) is 0 Å². The van der Waals surface area contributed by atoms with E-state index >= 15 is 0 Å². The van der Waals surface area contributed by atoms with E-state index in [-0.39, 0.29) is 5.69 Å². The molecule has 0 saturated carbocycles. The third-order valence-corrected chi connectivity index (χ3v) is 2.90. The van der Waals surface area contributed by atoms with Gasteiger partial charge in [-0.15, -0.1) is 0 Å². The van der Waals surface area contributed by atoms with Crippen LogP contribution in [-0.2, 0) is 0 Å². The van der Waals surface area contributed by atoms with E-state index < -0.39 is 5.97 Å². The summed E-state index contributed by atoms with van der Waals surface area (Å²) in [5, 5.41) is 8.76. The fourth-order valence-electron chi connectivity index (χ4n) is 1.75. The van der Waals surface area contributed by atoms with Gasteiger partial charge in [-0.05, 0) is 18.6 Å². The third-order valence-electron chi connectivity index (χ3n) is 2.90. The van der Waals surface area contributed by atoms with Crippen molar-refractivity contribution in [1.82, 2.24) is 9.97 Å². The van der Waals surface area contributed by atoms with Crippen LogP contribution in [-0.4, -0.2) is 41.2 Å². The molecule has 1 N–H and O–H groups in total. The van der Waals surface area contributed by atoms with E-state index in [1.54, 1.807) is 0 Å². The summed E-state index contributed by atoms with van der Waals surface area (Å²) in [5.41, 5.74) is -0.0560. The minimum atomic E-state index is -1.08. The summed E-state index contributed by atoms with van der Waals surface area (Å²) in [5.74, 6) is 0.415. The van der Waals surface area contributed by atoms with Crippen LogP contribution in [0.25, 0.3) is 0 Å². The molecule has 0 aliphatic rings. The standard InChI is InChI=1S/C15H17N3O3/c1-18(14-11-16-13(10-17-14)15(19)20)8-5-9-21-12-6-3-2-4-7-12/h2-4,6-7,10-11H,5,8-9H2,1H3,(H,19,20). The van der Waals surface area contributed by atoms with Crippen LogP contribution in [0.1, 0.15) is 16.9 Å². The van der Waals surface area contributed by atoms with E-state index in [9.17, 15) is 4.79 Å². The van der Waals surface area contributed by atoms with Gasteiger partial charge in [-0.25, -0.2) is 14.8 Å². The van der Waals surface area contributed by atoms with E-state index in [0.29, 0.717) is 12.4 Å². The van der Waals surface area contributed by atoms with Crippen LogP contribution in [0.15, 0.2) is 42.7 Å². The number of hydrogen-bond acceptors (Lipinski definition) is 5. The molecule has 6 heteroatoms. The molecule has 0 bridgehead atoms. The van der Waals surface area contributed by atoms with Gasteiger partial charge in [0.2, 0.25) is 0 Å². The zero-order valence-corrected chi connectivity index (χ0v) is 11.8. The number of aromatic nitrogens is 2. The predicted molar refractivity (Wildman–Crippen MR) is 78.8 cm³/mol. The Kier molecular flexibility index (Phi) is 5.09. The van der Waals surface area contributed by atoms with Gasteiger partial charge in [-0.1, -0.05) is 18.2 Å². The molecule has 0 aliphatic heterocycles. The minimum Gasteiger partial charge on any atom is -0.494 e. The quantitative estimate of drug-likeness (QED) is 0.786. The number of carbonyl (C=O) groups is 1. The van der Waals surface area contributed by atoms with Crippen molar-refractivity contribution in [3.05, 3.63) is 48.4 Å². The van der Waals surface area contributed by atoms with Crippen molar-refractivity contribution in [3.63, 3.8) is 0 Å². The molecule has 0 saturated heterocycles. The maximum Gasteiger partial charge on any atom is 0.356 e. The van der Waals surface area contributed by atoms with Crippen molar-refractivity contribution >= 4 is 11.8 Å². The second-order valence-corrected chi connectivity index (χ2v) is 4.50. The molecule has 0 radical (unpaired) electrons. The molecule has 1 heterocycles. The number of hydrogen-bond donors (Lipinski definition) is 1. The van der Waals surface area contributed by atoms with Crippen LogP contribution in [0, 0.1) is 0 Å². The number of anilines is 1. The number of para-hydroxylation sites is 1. The molecule has 21 heavy (non-hydrogen) atoms. The van der Waals surface area contributed by atoms with Gasteiger partial charge < -0.3 is 14.7 Å². The molecule has 0 atom stereocenters. The molecule has 110 valence electrons. The van der Waals surface area contributed by atoms with E-state index in [2.05, 4.69) is 9.97 Å². The number of rotatable bonds is 7. The molecule has 2 rings (SSSR count). The molecule has 0 spiro atoms. The average Bonchev–Trinajstić information content (AvgIpc) is 2.52. The molecular formula is C15H17N3O3. The maximum absolute atomic E-state index is 10.7. The summed E-state index contributed by atoms with van der Waals surface area (Å²) in [7, 11) is 1.88. The number of ether oxygens (including phenoxy) is 1. The predicted octanol–water partition coefficient (Wildman–Crippen LogP) is 2.08. The van der Waals surface area contributed by atoms with Gasteiger partial charge in [-0.3, -0.25) is 0 Å². The lowest BCUT2D eigenvalue weighted by Gasteiger charge is -2.17. The van der Waals surface area contributed by atoms with Gasteiger partial charge in [0.1, 0.15) is 11.6 Å². The number of benzene rings is 1. The largest absolute Gasteiger partial charge is 0.494 e. The Morgan fingerprint density at radius 3 is 2.62 bits per heavy atom. The van der Waals surface area contributed by atoms with Gasteiger partial charge in [0, 0.05) is 13.6 Å². The maximum atomic E-state index is 10.7. The first-order chi connectivity index (χ1) is 10.2. The van der Waals surface area contributed by atoms with Crippen LogP contribution >= 0.6 is 0 Å². The number of carboxylic acid groups (broad SMARTS) is 1. The molecule has 6 nitrogen and oxygen atoms in total. The van der Waals surface area contributed by atoms with E-state index in [4.69, 9.17) is 9.84 Å². The van der Waals surface area contributed by atoms with Crippen LogP contribution < -0.4 is 9.64 Å². The summed E-state index contributed by atoms with van der Waals surface area (Å²) in [6.45, 7) is 1.35. The van der Waals surface area contributed by atoms with Crippen molar-refractivity contribution in [1.29, 1.82) is 0 Å². The Morgan fingerprint density at radius 2 is 2.00 bits per heavy atom. The Bertz CT molecular complexity index is 572. The highest BCUT2D eigenvalue weighted by Crippen LogP contribution is 2.10. The van der Waals surface area contributed by atoms with E-state index in [0.717, 1.165) is 18.7 Å². The Morgan fingerprint density at radius 1 is 1.24 bits per heavy atom. The minimum absolute atomic E-state index is 0.0560. The normalized spacial score (nSPS) is 10.1. The van der Waals surface area contributed by atoms with Gasteiger partial charge in [0.25, 0.3) is 0 Å². The Hall–Kier alpha value is -2.63. The fraction of sp³-hybridized carbons (Fsp3) is 0.267. The molecule has 2 aromatic rings. The topological polar surface area (TPSA) is 75.5 Å². The molecule has 1 aromatic carbocycles. The SMILES string of the molecule is CN(CCCOc1ccccc1)c1cnc(C(=O)O)cn1. The lowest BCUT2D eigenvalue weighted by atomic mass is 10.3. The van der Waals surface area contributed by atoms with Crippen molar-refractivity contribution in [2.45, 2.75) is 6.42 Å². The molecular weight excluding hydrogens is 270 g/mol. The fourth-order valence-corrected chi connectivity index (χ4v) is 1.75. The smallest absolute Gasteiger partial charge is 0.356 e. The van der Waals surface area contributed by atoms with E-state index in [1.165, 1.54) is 12.4 Å². The first kappa shape index (κ1) is 14.8. The third kappa shape index (κ3) is 4.45. The lowest BCUT2D eigenvalue weighted by Crippen LogP contribution is -2.22. The summed E-state index contributed by atoms with van der Waals surface area (Å²) >= 11 is 0. The molecule has 0 aliphatic carbocycles. The van der Waals surface area contributed by atoms with Crippen LogP contribution in [0.2, 0.25) is 0 Å². The van der Waals surface area contributed by atoms with Gasteiger partial charge >= 0.3 is 5.97 Å². The zero-order chi connectivity index (χ0) is 15.1. The monoisotopic (exact) mass is 287 g/mol. The van der Waals surface area contributed by atoms with Crippen LogP contribution in [0.4, 0.5) is 5.82 Å². The lowest BCUT2D eigenvalue weighted by molar-refractivity contribution is 0.0690. The highest BCUT2D eigenvalue weighted by molar-refractivity contribution is 5.84. The first-order valence-corrected chi connectivity index (χ1v) is 6.61. The zero-order valence-electron chi connectivity index (χ0n) is 11.8. The Balaban J connectivity index is 1.76. The summed E-state index contributed by atoms with van der Waals surface area (Å²) < 4.78 is 5.60. The van der Waals surface area contributed by atoms with Crippen LogP contribution in [0.5, 0.6) is 5.75 Å². The van der Waals surface area contributed by atoms with E-state index in [1.807, 2.05) is 42.3 Å². The Labute approximate surface area is 123 Å². The van der Waals surface area contributed by atoms with Gasteiger partial charge in [-0.2, -0.15) is 0 Å². The van der Waals surface area contributed by atoms with Crippen molar-refractivity contribution in [3.8, 4) is 5.75 Å². The summed E-state index contributed by atoms with van der Waals surface area (Å²) in [4.78, 5) is 20.5. The average molecular weight is 287 g/mol. The number of aromatic carboxylic acids is 1. The number of carboxylic acids is 1. The highest BCUT2D eigenvalue weighted by Gasteiger charge is 2.07. The van der Waals surface area contributed by atoms with Crippen molar-refractivity contribution in [2.24, 2.45) is 0 Å². The highest BCUT2D eigenvalue weighted by atomic mass is 16.5. The molecule has 0 unspecified atom stereocenters. The second-order valence-electron chi connectivity index (χ2n) is 4.50. The first-order valence-electron chi connectivity index (χ1n) is 6.61. The molecule has 0 amide bonds. The van der Waals surface area contributed by atoms with Crippen molar-refractivity contribution in [2.75, 3.05) is 25.1 Å². The molecule has 1 aromatic heterocycles. The number of nitrogens with zero attached hydrogens (tertiary/aromatic N) is 3. The summed E-state index contributed by atoms with van der Waals surface area (Å²) in [6.07, 6.45) is 3.55. The van der Waals surface area contributed by atoms with Crippen molar-refractivity contribution < 1.29 is 14.6 Å². The van der Waals surface area contributed by atoms with Gasteiger partial charge in [0.15, 0.2) is 5.69 Å². The summed E-state index contributed by atoms with van der Waals surface area (Å²) in [6, 6.07) is 9.64.